The third-order valence-electron chi connectivity index (χ3n) is 4.58. The first-order chi connectivity index (χ1) is 11.7. The van der Waals surface area contributed by atoms with Crippen LogP contribution < -0.4 is 0 Å². The van der Waals surface area contributed by atoms with E-state index in [0.717, 1.165) is 29.2 Å². The Hall–Kier alpha value is -1.77. The topological polar surface area (TPSA) is 25.8 Å². The zero-order valence-electron chi connectivity index (χ0n) is 16.6. The van der Waals surface area contributed by atoms with Crippen LogP contribution in [0, 0.1) is 5.82 Å². The highest BCUT2D eigenvalue weighted by molar-refractivity contribution is 5.27. The molecule has 0 fully saturated rings. The van der Waals surface area contributed by atoms with Gasteiger partial charge in [0.05, 0.1) is 0 Å². The number of rotatable bonds is 6. The lowest BCUT2D eigenvalue weighted by Crippen LogP contribution is -2.08. The van der Waals surface area contributed by atoms with E-state index < -0.39 is 0 Å². The van der Waals surface area contributed by atoms with Gasteiger partial charge in [-0.05, 0) is 54.0 Å². The second-order valence-electron chi connectivity index (χ2n) is 8.03. The predicted molar refractivity (Wildman–Crippen MR) is 103 cm³/mol. The number of hydrogen-bond donors (Lipinski definition) is 0. The van der Waals surface area contributed by atoms with Gasteiger partial charge >= 0.3 is 0 Å². The monoisotopic (exact) mass is 342 g/mol. The first-order valence-electron chi connectivity index (χ1n) is 9.35. The molecule has 25 heavy (non-hydrogen) atoms. The van der Waals surface area contributed by atoms with Crippen molar-refractivity contribution in [2.75, 3.05) is 0 Å². The maximum atomic E-state index is 14.0. The van der Waals surface area contributed by atoms with Crippen LogP contribution >= 0.6 is 0 Å². The van der Waals surface area contributed by atoms with Crippen LogP contribution in [0.4, 0.5) is 4.39 Å². The lowest BCUT2D eigenvalue weighted by Gasteiger charge is -2.17. The highest BCUT2D eigenvalue weighted by atomic mass is 19.1. The molecule has 0 amide bonds. The fraction of sp³-hybridized carbons (Fsp3) is 0.545. The molecule has 1 atom stereocenters. The number of pyridine rings is 2. The largest absolute Gasteiger partial charge is 0.257 e. The molecule has 0 radical (unpaired) electrons. The predicted octanol–water partition coefficient (Wildman–Crippen LogP) is 6.33. The average Bonchev–Trinajstić information content (AvgIpc) is 2.53. The summed E-state index contributed by atoms with van der Waals surface area (Å²) in [5.41, 5.74) is 5.17. The van der Waals surface area contributed by atoms with Crippen molar-refractivity contribution in [3.05, 3.63) is 58.4 Å². The first kappa shape index (κ1) is 19.6. The molecule has 2 nitrogen and oxygen atoms in total. The van der Waals surface area contributed by atoms with Gasteiger partial charge in [0.15, 0.2) is 0 Å². The Morgan fingerprint density at radius 2 is 1.08 bits per heavy atom. The van der Waals surface area contributed by atoms with Gasteiger partial charge < -0.3 is 0 Å². The Bertz CT molecular complexity index is 694. The molecule has 0 aromatic carbocycles. The van der Waals surface area contributed by atoms with Gasteiger partial charge in [-0.3, -0.25) is 9.97 Å². The van der Waals surface area contributed by atoms with E-state index >= 15 is 0 Å². The SMILES string of the molecule is CC(C)c1cc(CC(C)c2cc(F)cc(C(C)C)n2)cc(C(C)C)n1. The lowest BCUT2D eigenvalue weighted by atomic mass is 9.94. The fourth-order valence-electron chi connectivity index (χ4n) is 2.89. The van der Waals surface area contributed by atoms with Crippen LogP contribution in [-0.4, -0.2) is 9.97 Å². The molecule has 3 heteroatoms. The van der Waals surface area contributed by atoms with E-state index in [2.05, 4.69) is 51.7 Å². The molecular weight excluding hydrogens is 311 g/mol. The highest BCUT2D eigenvalue weighted by Gasteiger charge is 2.15. The van der Waals surface area contributed by atoms with E-state index in [0.29, 0.717) is 11.8 Å². The molecule has 2 rings (SSSR count). The van der Waals surface area contributed by atoms with Crippen molar-refractivity contribution in [1.29, 1.82) is 0 Å². The molecule has 1 unspecified atom stereocenters. The molecule has 0 spiro atoms. The standard InChI is InChI=1S/C22H31FN2/c1-13(2)19-9-17(10-20(24-19)14(3)4)8-16(7)22-12-18(23)11-21(25-22)15(5)6/h9-16H,8H2,1-7H3. The Morgan fingerprint density at radius 1 is 0.680 bits per heavy atom. The van der Waals surface area contributed by atoms with E-state index in [4.69, 9.17) is 4.98 Å². The minimum absolute atomic E-state index is 0.163. The minimum Gasteiger partial charge on any atom is -0.257 e. The molecule has 0 saturated carbocycles. The number of aromatic nitrogens is 2. The molecule has 0 bridgehead atoms. The summed E-state index contributed by atoms with van der Waals surface area (Å²) in [6.45, 7) is 14.9. The van der Waals surface area contributed by atoms with Crippen LogP contribution in [-0.2, 0) is 6.42 Å². The molecule has 2 heterocycles. The second kappa shape index (κ2) is 8.07. The number of halogens is 1. The second-order valence-corrected chi connectivity index (χ2v) is 8.03. The van der Waals surface area contributed by atoms with Gasteiger partial charge in [0.1, 0.15) is 5.82 Å². The van der Waals surface area contributed by atoms with Gasteiger partial charge in [-0.2, -0.15) is 0 Å². The Kier molecular flexibility index (Phi) is 6.31. The molecule has 0 aliphatic carbocycles. The summed E-state index contributed by atoms with van der Waals surface area (Å²) in [5.74, 6) is 0.986. The molecule has 0 aliphatic heterocycles. The van der Waals surface area contributed by atoms with E-state index in [-0.39, 0.29) is 17.7 Å². The minimum atomic E-state index is -0.194. The number of hydrogen-bond acceptors (Lipinski definition) is 2. The van der Waals surface area contributed by atoms with Crippen LogP contribution in [0.15, 0.2) is 24.3 Å². The van der Waals surface area contributed by atoms with E-state index in [1.54, 1.807) is 12.1 Å². The van der Waals surface area contributed by atoms with Crippen molar-refractivity contribution in [2.24, 2.45) is 0 Å². The first-order valence-corrected chi connectivity index (χ1v) is 9.35. The van der Waals surface area contributed by atoms with Crippen molar-refractivity contribution in [1.82, 2.24) is 9.97 Å². The van der Waals surface area contributed by atoms with Gasteiger partial charge in [0.25, 0.3) is 0 Å². The van der Waals surface area contributed by atoms with Crippen LogP contribution in [0.2, 0.25) is 0 Å². The highest BCUT2D eigenvalue weighted by Crippen LogP contribution is 2.26. The molecule has 0 aliphatic rings. The zero-order valence-corrected chi connectivity index (χ0v) is 16.6. The van der Waals surface area contributed by atoms with E-state index in [1.165, 1.54) is 5.56 Å². The summed E-state index contributed by atoms with van der Waals surface area (Å²) < 4.78 is 14.0. The van der Waals surface area contributed by atoms with Gasteiger partial charge in [-0.15, -0.1) is 0 Å². The number of nitrogens with zero attached hydrogens (tertiary/aromatic N) is 2. The fourth-order valence-corrected chi connectivity index (χ4v) is 2.89. The van der Waals surface area contributed by atoms with E-state index in [9.17, 15) is 4.39 Å². The molecule has 136 valence electrons. The summed E-state index contributed by atoms with van der Waals surface area (Å²) in [7, 11) is 0. The Labute approximate surface area is 151 Å². The van der Waals surface area contributed by atoms with Gasteiger partial charge in [0, 0.05) is 28.7 Å². The van der Waals surface area contributed by atoms with Crippen molar-refractivity contribution in [2.45, 2.75) is 78.6 Å². The third kappa shape index (κ3) is 5.10. The summed E-state index contributed by atoms with van der Waals surface area (Å²) in [4.78, 5) is 9.48. The summed E-state index contributed by atoms with van der Waals surface area (Å²) >= 11 is 0. The van der Waals surface area contributed by atoms with Gasteiger partial charge in [-0.1, -0.05) is 48.5 Å². The lowest BCUT2D eigenvalue weighted by molar-refractivity contribution is 0.604. The smallest absolute Gasteiger partial charge is 0.126 e. The molecule has 2 aromatic rings. The Morgan fingerprint density at radius 3 is 1.56 bits per heavy atom. The van der Waals surface area contributed by atoms with Crippen molar-refractivity contribution >= 4 is 0 Å². The molecular formula is C22H31FN2. The van der Waals surface area contributed by atoms with Gasteiger partial charge in [0.2, 0.25) is 0 Å². The quantitative estimate of drug-likeness (QED) is 0.613. The van der Waals surface area contributed by atoms with Crippen LogP contribution in [0.25, 0.3) is 0 Å². The maximum Gasteiger partial charge on any atom is 0.126 e. The third-order valence-corrected chi connectivity index (χ3v) is 4.58. The van der Waals surface area contributed by atoms with Gasteiger partial charge in [-0.25, -0.2) is 4.39 Å². The normalized spacial score (nSPS) is 13.1. The van der Waals surface area contributed by atoms with Crippen molar-refractivity contribution in [3.8, 4) is 0 Å². The summed E-state index contributed by atoms with van der Waals surface area (Å²) in [6, 6.07) is 7.50. The van der Waals surface area contributed by atoms with Crippen LogP contribution in [0.3, 0.4) is 0 Å². The van der Waals surface area contributed by atoms with Crippen molar-refractivity contribution < 1.29 is 4.39 Å². The summed E-state index contributed by atoms with van der Waals surface area (Å²) in [5, 5.41) is 0. The molecule has 0 saturated heterocycles. The Balaban J connectivity index is 2.32. The van der Waals surface area contributed by atoms with Crippen LogP contribution in [0.1, 0.15) is 100 Å². The average molecular weight is 343 g/mol. The summed E-state index contributed by atoms with van der Waals surface area (Å²) in [6.07, 6.45) is 0.843. The van der Waals surface area contributed by atoms with Crippen molar-refractivity contribution in [3.63, 3.8) is 0 Å². The molecule has 0 N–H and O–H groups in total. The zero-order chi connectivity index (χ0) is 18.7. The van der Waals surface area contributed by atoms with Crippen LogP contribution in [0.5, 0.6) is 0 Å². The van der Waals surface area contributed by atoms with E-state index in [1.807, 2.05) is 13.8 Å². The maximum absolute atomic E-state index is 14.0. The molecule has 2 aromatic heterocycles.